The molecule has 4 heterocycles. The summed E-state index contributed by atoms with van der Waals surface area (Å²) in [6.07, 6.45) is 1.49. The van der Waals surface area contributed by atoms with Gasteiger partial charge in [-0.3, -0.25) is 4.90 Å². The number of fused-ring (bicyclic) bond motifs is 3. The number of ether oxygens (including phenoxy) is 2. The van der Waals surface area contributed by atoms with E-state index in [1.165, 1.54) is 7.11 Å². The molecule has 162 valence electrons. The molecule has 2 unspecified atom stereocenters. The first-order valence-corrected chi connectivity index (χ1v) is 10.4. The van der Waals surface area contributed by atoms with Crippen molar-refractivity contribution in [1.82, 2.24) is 14.9 Å². The van der Waals surface area contributed by atoms with Crippen LogP contribution in [0.5, 0.6) is 5.88 Å². The molecule has 0 aromatic carbocycles. The Balaban J connectivity index is 1.72. The first-order chi connectivity index (χ1) is 14.1. The highest BCUT2D eigenvalue weighted by Gasteiger charge is 2.45. The number of hydrogen-bond donors (Lipinski definition) is 0. The van der Waals surface area contributed by atoms with Crippen LogP contribution in [0.1, 0.15) is 39.3 Å². The van der Waals surface area contributed by atoms with Gasteiger partial charge in [-0.25, -0.2) is 14.2 Å². The zero-order valence-electron chi connectivity index (χ0n) is 17.8. The maximum atomic E-state index is 14.8. The van der Waals surface area contributed by atoms with Gasteiger partial charge in [0.15, 0.2) is 11.0 Å². The molecule has 2 saturated heterocycles. The van der Waals surface area contributed by atoms with Gasteiger partial charge in [-0.05, 0) is 46.6 Å². The van der Waals surface area contributed by atoms with E-state index < -0.39 is 11.4 Å². The number of aryl methyl sites for hydroxylation is 1. The SMILES string of the molecule is COc1nc(Cl)c(F)c2cc(C)nc(N3CC4CCC(C3)N4C(=O)OC(C)(C)C)c12. The van der Waals surface area contributed by atoms with Gasteiger partial charge in [0, 0.05) is 24.2 Å². The van der Waals surface area contributed by atoms with Crippen LogP contribution in [0.3, 0.4) is 0 Å². The van der Waals surface area contributed by atoms with E-state index in [1.54, 1.807) is 6.07 Å². The van der Waals surface area contributed by atoms with E-state index in [-0.39, 0.29) is 29.2 Å². The zero-order chi connectivity index (χ0) is 21.8. The molecule has 2 aliphatic heterocycles. The Labute approximate surface area is 180 Å². The monoisotopic (exact) mass is 436 g/mol. The lowest BCUT2D eigenvalue weighted by Gasteiger charge is -2.42. The second kappa shape index (κ2) is 7.41. The third kappa shape index (κ3) is 3.62. The van der Waals surface area contributed by atoms with Crippen LogP contribution in [0.2, 0.25) is 5.15 Å². The third-order valence-electron chi connectivity index (χ3n) is 5.54. The van der Waals surface area contributed by atoms with E-state index in [4.69, 9.17) is 26.1 Å². The molecule has 2 bridgehead atoms. The standard InChI is InChI=1S/C21H26ClFN4O3/c1-11-8-14-15(19(29-5)25-17(22)16(14)23)18(24-11)26-9-12-6-7-13(10-26)27(12)20(28)30-21(2,3)4/h8,12-13H,6-7,9-10H2,1-5H3. The number of halogens is 2. The number of pyridine rings is 2. The Morgan fingerprint density at radius 3 is 2.43 bits per heavy atom. The Morgan fingerprint density at radius 1 is 1.23 bits per heavy atom. The first-order valence-electron chi connectivity index (χ1n) is 10.1. The molecule has 2 aliphatic rings. The average molecular weight is 437 g/mol. The molecule has 7 nitrogen and oxygen atoms in total. The van der Waals surface area contributed by atoms with Gasteiger partial charge >= 0.3 is 6.09 Å². The number of piperazine rings is 1. The number of anilines is 1. The molecule has 2 aromatic rings. The molecule has 0 radical (unpaired) electrons. The fourth-order valence-electron chi connectivity index (χ4n) is 4.41. The van der Waals surface area contributed by atoms with Crippen molar-refractivity contribution in [3.8, 4) is 5.88 Å². The van der Waals surface area contributed by atoms with Gasteiger partial charge in [-0.2, -0.15) is 4.98 Å². The van der Waals surface area contributed by atoms with Crippen LogP contribution >= 0.6 is 11.6 Å². The van der Waals surface area contributed by atoms with Gasteiger partial charge in [0.1, 0.15) is 11.4 Å². The summed E-state index contributed by atoms with van der Waals surface area (Å²) >= 11 is 5.97. The van der Waals surface area contributed by atoms with Crippen molar-refractivity contribution in [2.75, 3.05) is 25.1 Å². The molecular formula is C21H26ClFN4O3. The smallest absolute Gasteiger partial charge is 0.410 e. The Kier molecular flexibility index (Phi) is 5.16. The van der Waals surface area contributed by atoms with E-state index in [0.29, 0.717) is 35.4 Å². The second-order valence-electron chi connectivity index (χ2n) is 8.91. The zero-order valence-corrected chi connectivity index (χ0v) is 18.6. The van der Waals surface area contributed by atoms with Crippen molar-refractivity contribution in [1.29, 1.82) is 0 Å². The van der Waals surface area contributed by atoms with Crippen molar-refractivity contribution in [3.63, 3.8) is 0 Å². The Bertz CT molecular complexity index is 996. The maximum absolute atomic E-state index is 14.8. The molecule has 30 heavy (non-hydrogen) atoms. The maximum Gasteiger partial charge on any atom is 0.410 e. The largest absolute Gasteiger partial charge is 0.480 e. The number of aromatic nitrogens is 2. The molecule has 2 aromatic heterocycles. The molecule has 4 rings (SSSR count). The molecule has 1 amide bonds. The third-order valence-corrected chi connectivity index (χ3v) is 5.79. The highest BCUT2D eigenvalue weighted by Crippen LogP contribution is 2.40. The van der Waals surface area contributed by atoms with Crippen molar-refractivity contribution in [2.24, 2.45) is 0 Å². The molecule has 0 spiro atoms. The fraction of sp³-hybridized carbons (Fsp3) is 0.571. The van der Waals surface area contributed by atoms with Crippen molar-refractivity contribution < 1.29 is 18.7 Å². The van der Waals surface area contributed by atoms with E-state index in [9.17, 15) is 9.18 Å². The number of amides is 1. The number of methoxy groups -OCH3 is 1. The summed E-state index contributed by atoms with van der Waals surface area (Å²) in [6.45, 7) is 8.57. The molecular weight excluding hydrogens is 411 g/mol. The highest BCUT2D eigenvalue weighted by molar-refractivity contribution is 6.30. The minimum atomic E-state index is -0.588. The average Bonchev–Trinajstić information content (AvgIpc) is 2.93. The lowest BCUT2D eigenvalue weighted by atomic mass is 10.1. The fourth-order valence-corrected chi connectivity index (χ4v) is 4.59. The van der Waals surface area contributed by atoms with Crippen LogP contribution in [0, 0.1) is 12.7 Å². The van der Waals surface area contributed by atoms with Crippen LogP contribution in [-0.2, 0) is 4.74 Å². The van der Waals surface area contributed by atoms with Crippen LogP contribution < -0.4 is 9.64 Å². The number of rotatable bonds is 2. The molecule has 2 fully saturated rings. The molecule has 0 aliphatic carbocycles. The van der Waals surface area contributed by atoms with Crippen LogP contribution in [0.15, 0.2) is 6.07 Å². The number of nitrogens with zero attached hydrogens (tertiary/aromatic N) is 4. The van der Waals surface area contributed by atoms with E-state index in [1.807, 2.05) is 32.6 Å². The number of hydrogen-bond acceptors (Lipinski definition) is 6. The van der Waals surface area contributed by atoms with Gasteiger partial charge in [0.2, 0.25) is 5.88 Å². The molecule has 0 N–H and O–H groups in total. The Hall–Kier alpha value is -2.35. The quantitative estimate of drug-likeness (QED) is 0.653. The lowest BCUT2D eigenvalue weighted by molar-refractivity contribution is 0.0123. The van der Waals surface area contributed by atoms with E-state index in [0.717, 1.165) is 12.8 Å². The van der Waals surface area contributed by atoms with Crippen LogP contribution in [0.25, 0.3) is 10.8 Å². The number of carbonyl (C=O) groups is 1. The van der Waals surface area contributed by atoms with E-state index in [2.05, 4.69) is 9.88 Å². The summed E-state index contributed by atoms with van der Waals surface area (Å²) in [5, 5.41) is 0.595. The molecule has 0 saturated carbocycles. The minimum Gasteiger partial charge on any atom is -0.480 e. The molecule has 9 heteroatoms. The van der Waals surface area contributed by atoms with Gasteiger partial charge in [-0.15, -0.1) is 0 Å². The van der Waals surface area contributed by atoms with Crippen LogP contribution in [-0.4, -0.2) is 58.8 Å². The van der Waals surface area contributed by atoms with Crippen molar-refractivity contribution in [3.05, 3.63) is 22.7 Å². The second-order valence-corrected chi connectivity index (χ2v) is 9.27. The normalized spacial score (nSPS) is 21.3. The Morgan fingerprint density at radius 2 is 1.87 bits per heavy atom. The van der Waals surface area contributed by atoms with Gasteiger partial charge in [-0.1, -0.05) is 11.6 Å². The van der Waals surface area contributed by atoms with Gasteiger partial charge < -0.3 is 14.4 Å². The summed E-state index contributed by atoms with van der Waals surface area (Å²) in [5.74, 6) is 0.251. The van der Waals surface area contributed by atoms with Gasteiger partial charge in [0.05, 0.1) is 24.6 Å². The topological polar surface area (TPSA) is 67.8 Å². The number of carbonyl (C=O) groups excluding carboxylic acids is 1. The summed E-state index contributed by atoms with van der Waals surface area (Å²) < 4.78 is 25.8. The highest BCUT2D eigenvalue weighted by atomic mass is 35.5. The van der Waals surface area contributed by atoms with E-state index >= 15 is 0 Å². The summed E-state index contributed by atoms with van der Waals surface area (Å²) in [6, 6.07) is 1.66. The predicted octanol–water partition coefficient (Wildman–Crippen LogP) is 4.33. The summed E-state index contributed by atoms with van der Waals surface area (Å²) in [4.78, 5) is 25.4. The minimum absolute atomic E-state index is 0.00654. The van der Waals surface area contributed by atoms with Crippen LogP contribution in [0.4, 0.5) is 15.0 Å². The lowest BCUT2D eigenvalue weighted by Crippen LogP contribution is -2.57. The summed E-state index contributed by atoms with van der Waals surface area (Å²) in [7, 11) is 1.48. The van der Waals surface area contributed by atoms with Gasteiger partial charge in [0.25, 0.3) is 0 Å². The van der Waals surface area contributed by atoms with Crippen molar-refractivity contribution >= 4 is 34.3 Å². The van der Waals surface area contributed by atoms with Crippen molar-refractivity contribution in [2.45, 2.75) is 58.2 Å². The predicted molar refractivity (Wildman–Crippen MR) is 113 cm³/mol. The first kappa shape index (κ1) is 20.9. The summed E-state index contributed by atoms with van der Waals surface area (Å²) in [5.41, 5.74) is 0.125. The molecule has 2 atom stereocenters.